The molecular formula is C13H24N2O2. The molecule has 17 heavy (non-hydrogen) atoms. The van der Waals surface area contributed by atoms with Crippen molar-refractivity contribution >= 4 is 11.8 Å². The number of nitrogens with one attached hydrogen (secondary N) is 1. The summed E-state index contributed by atoms with van der Waals surface area (Å²) in [5.41, 5.74) is -0.0857. The number of rotatable bonds is 6. The molecule has 0 aromatic heterocycles. The summed E-state index contributed by atoms with van der Waals surface area (Å²) in [5.74, 6) is -0.0947. The Morgan fingerprint density at radius 3 is 2.47 bits per heavy atom. The summed E-state index contributed by atoms with van der Waals surface area (Å²) in [4.78, 5) is 25.1. The molecule has 1 N–H and O–H groups in total. The zero-order valence-corrected chi connectivity index (χ0v) is 11.4. The highest BCUT2D eigenvalue weighted by Gasteiger charge is 2.39. The summed E-state index contributed by atoms with van der Waals surface area (Å²) in [6.07, 6.45) is 3.20. The van der Waals surface area contributed by atoms with E-state index in [2.05, 4.69) is 26.1 Å². The van der Waals surface area contributed by atoms with Crippen LogP contribution >= 0.6 is 0 Å². The zero-order valence-electron chi connectivity index (χ0n) is 11.4. The van der Waals surface area contributed by atoms with Crippen LogP contribution in [-0.4, -0.2) is 34.8 Å². The molecule has 1 atom stereocenters. The van der Waals surface area contributed by atoms with Gasteiger partial charge in [0.1, 0.15) is 0 Å². The van der Waals surface area contributed by atoms with Crippen molar-refractivity contribution in [3.05, 3.63) is 0 Å². The molecule has 4 heteroatoms. The fourth-order valence-electron chi connectivity index (χ4n) is 2.42. The molecule has 1 heterocycles. The standard InChI is InChI=1S/C13H24N2O2/c1-5-7-13(3,4)14-10-9-11(16)15(8-6-2)12(10)17/h10,14H,5-9H2,1-4H3. The van der Waals surface area contributed by atoms with Gasteiger partial charge in [0, 0.05) is 12.1 Å². The fraction of sp³-hybridized carbons (Fsp3) is 0.846. The highest BCUT2D eigenvalue weighted by atomic mass is 16.2. The van der Waals surface area contributed by atoms with Crippen LogP contribution in [-0.2, 0) is 9.59 Å². The van der Waals surface area contributed by atoms with E-state index in [1.54, 1.807) is 0 Å². The molecule has 2 amide bonds. The molecule has 0 aromatic carbocycles. The van der Waals surface area contributed by atoms with Crippen LogP contribution in [0.25, 0.3) is 0 Å². The highest BCUT2D eigenvalue weighted by molar-refractivity contribution is 6.05. The minimum absolute atomic E-state index is 0.0401. The monoisotopic (exact) mass is 240 g/mol. The lowest BCUT2D eigenvalue weighted by Crippen LogP contribution is -2.49. The van der Waals surface area contributed by atoms with Gasteiger partial charge in [-0.3, -0.25) is 14.5 Å². The van der Waals surface area contributed by atoms with E-state index in [-0.39, 0.29) is 23.4 Å². The Balaban J connectivity index is 2.63. The third-order valence-electron chi connectivity index (χ3n) is 3.13. The second kappa shape index (κ2) is 5.63. The maximum atomic E-state index is 12.0. The Morgan fingerprint density at radius 2 is 1.94 bits per heavy atom. The zero-order chi connectivity index (χ0) is 13.1. The molecule has 0 radical (unpaired) electrons. The molecule has 4 nitrogen and oxygen atoms in total. The van der Waals surface area contributed by atoms with E-state index in [0.717, 1.165) is 19.3 Å². The average Bonchev–Trinajstić information content (AvgIpc) is 2.45. The van der Waals surface area contributed by atoms with Gasteiger partial charge in [-0.15, -0.1) is 0 Å². The van der Waals surface area contributed by atoms with E-state index in [0.29, 0.717) is 13.0 Å². The van der Waals surface area contributed by atoms with Gasteiger partial charge in [0.15, 0.2) is 0 Å². The summed E-state index contributed by atoms with van der Waals surface area (Å²) < 4.78 is 0. The van der Waals surface area contributed by atoms with Crippen LogP contribution in [0.3, 0.4) is 0 Å². The normalized spacial score (nSPS) is 21.4. The smallest absolute Gasteiger partial charge is 0.246 e. The number of carbonyl (C=O) groups is 2. The summed E-state index contributed by atoms with van der Waals surface area (Å²) in [7, 11) is 0. The number of amides is 2. The Kier molecular flexibility index (Phi) is 4.69. The lowest BCUT2D eigenvalue weighted by atomic mass is 9.97. The van der Waals surface area contributed by atoms with Crippen molar-refractivity contribution in [3.63, 3.8) is 0 Å². The first-order valence-corrected chi connectivity index (χ1v) is 6.53. The second-order valence-electron chi connectivity index (χ2n) is 5.42. The molecule has 1 aliphatic heterocycles. The third-order valence-corrected chi connectivity index (χ3v) is 3.13. The molecule has 1 aliphatic rings. The van der Waals surface area contributed by atoms with Gasteiger partial charge in [0.05, 0.1) is 12.5 Å². The number of imide groups is 1. The number of hydrogen-bond donors (Lipinski definition) is 1. The molecule has 0 aromatic rings. The number of hydrogen-bond acceptors (Lipinski definition) is 3. The average molecular weight is 240 g/mol. The molecule has 1 rings (SSSR count). The lowest BCUT2D eigenvalue weighted by molar-refractivity contribution is -0.139. The van der Waals surface area contributed by atoms with Crippen molar-refractivity contribution in [2.75, 3.05) is 6.54 Å². The van der Waals surface area contributed by atoms with E-state index < -0.39 is 0 Å². The largest absolute Gasteiger partial charge is 0.300 e. The van der Waals surface area contributed by atoms with Gasteiger partial charge in [0.2, 0.25) is 11.8 Å². The molecule has 1 unspecified atom stereocenters. The number of likely N-dealkylation sites (tertiary alicyclic amines) is 1. The van der Waals surface area contributed by atoms with E-state index in [1.165, 1.54) is 4.90 Å². The van der Waals surface area contributed by atoms with Crippen molar-refractivity contribution in [2.45, 2.75) is 65.0 Å². The van der Waals surface area contributed by atoms with Crippen molar-refractivity contribution in [3.8, 4) is 0 Å². The van der Waals surface area contributed by atoms with E-state index >= 15 is 0 Å². The molecule has 0 saturated carbocycles. The summed E-state index contributed by atoms with van der Waals surface area (Å²) in [5, 5.41) is 3.31. The Hall–Kier alpha value is -0.900. The maximum absolute atomic E-state index is 12.0. The van der Waals surface area contributed by atoms with E-state index in [1.807, 2.05) is 6.92 Å². The van der Waals surface area contributed by atoms with Gasteiger partial charge < -0.3 is 5.32 Å². The van der Waals surface area contributed by atoms with Crippen LogP contribution in [0, 0.1) is 0 Å². The Bertz CT molecular complexity index is 300. The van der Waals surface area contributed by atoms with E-state index in [9.17, 15) is 9.59 Å². The first-order chi connectivity index (χ1) is 7.91. The molecule has 0 aliphatic carbocycles. The van der Waals surface area contributed by atoms with Crippen LogP contribution < -0.4 is 5.32 Å². The Labute approximate surface area is 104 Å². The quantitative estimate of drug-likeness (QED) is 0.719. The predicted molar refractivity (Wildman–Crippen MR) is 67.5 cm³/mol. The summed E-state index contributed by atoms with van der Waals surface area (Å²) in [6, 6.07) is -0.324. The Morgan fingerprint density at radius 1 is 1.29 bits per heavy atom. The van der Waals surface area contributed by atoms with Crippen molar-refractivity contribution in [1.29, 1.82) is 0 Å². The topological polar surface area (TPSA) is 49.4 Å². The predicted octanol–water partition coefficient (Wildman–Crippen LogP) is 1.69. The number of nitrogens with zero attached hydrogens (tertiary/aromatic N) is 1. The minimum Gasteiger partial charge on any atom is -0.300 e. The van der Waals surface area contributed by atoms with Crippen LogP contribution in [0.2, 0.25) is 0 Å². The maximum Gasteiger partial charge on any atom is 0.246 e. The molecule has 0 spiro atoms. The SMILES string of the molecule is CCCN1C(=O)CC(NC(C)(C)CCC)C1=O. The van der Waals surface area contributed by atoms with Gasteiger partial charge in [-0.05, 0) is 26.7 Å². The first-order valence-electron chi connectivity index (χ1n) is 6.53. The van der Waals surface area contributed by atoms with Crippen molar-refractivity contribution in [1.82, 2.24) is 10.2 Å². The molecule has 98 valence electrons. The van der Waals surface area contributed by atoms with Crippen LogP contribution in [0.15, 0.2) is 0 Å². The second-order valence-corrected chi connectivity index (χ2v) is 5.42. The van der Waals surface area contributed by atoms with Crippen LogP contribution in [0.5, 0.6) is 0 Å². The summed E-state index contributed by atoms with van der Waals surface area (Å²) in [6.45, 7) is 8.80. The molecule has 1 fully saturated rings. The first kappa shape index (κ1) is 14.2. The lowest BCUT2D eigenvalue weighted by Gasteiger charge is -2.28. The van der Waals surface area contributed by atoms with Crippen LogP contribution in [0.1, 0.15) is 53.4 Å². The number of carbonyl (C=O) groups excluding carboxylic acids is 2. The van der Waals surface area contributed by atoms with Gasteiger partial charge in [-0.25, -0.2) is 0 Å². The van der Waals surface area contributed by atoms with Crippen LogP contribution in [0.4, 0.5) is 0 Å². The van der Waals surface area contributed by atoms with Crippen molar-refractivity contribution < 1.29 is 9.59 Å². The molecule has 0 bridgehead atoms. The minimum atomic E-state index is -0.324. The molecular weight excluding hydrogens is 216 g/mol. The highest BCUT2D eigenvalue weighted by Crippen LogP contribution is 2.19. The van der Waals surface area contributed by atoms with Gasteiger partial charge >= 0.3 is 0 Å². The van der Waals surface area contributed by atoms with E-state index in [4.69, 9.17) is 0 Å². The van der Waals surface area contributed by atoms with Gasteiger partial charge in [-0.2, -0.15) is 0 Å². The third kappa shape index (κ3) is 3.53. The summed E-state index contributed by atoms with van der Waals surface area (Å²) >= 11 is 0. The van der Waals surface area contributed by atoms with Gasteiger partial charge in [0.25, 0.3) is 0 Å². The fourth-order valence-corrected chi connectivity index (χ4v) is 2.42. The molecule has 1 saturated heterocycles. The van der Waals surface area contributed by atoms with Crippen molar-refractivity contribution in [2.24, 2.45) is 0 Å². The van der Waals surface area contributed by atoms with Gasteiger partial charge in [-0.1, -0.05) is 20.3 Å².